The third-order valence-corrected chi connectivity index (χ3v) is 13.3. The number of benzene rings is 1. The van der Waals surface area contributed by atoms with Crippen LogP contribution in [0, 0.1) is 29.4 Å². The molecule has 7 rings (SSSR count). The van der Waals surface area contributed by atoms with Gasteiger partial charge >= 0.3 is 0 Å². The number of ether oxygens (including phenoxy) is 1. The Bertz CT molecular complexity index is 2330. The van der Waals surface area contributed by atoms with Crippen LogP contribution in [0.3, 0.4) is 0 Å². The van der Waals surface area contributed by atoms with Crippen molar-refractivity contribution in [2.24, 2.45) is 5.92 Å². The predicted octanol–water partition coefficient (Wildman–Crippen LogP) is 3.41. The molecule has 4 amide bonds. The smallest absolute Gasteiger partial charge is 0.272 e. The molecule has 2 fully saturated rings. The molecule has 0 spiro atoms. The number of nitrogens with one attached hydrogen (secondary N) is 3. The Labute approximate surface area is 328 Å². The molecule has 4 aliphatic rings. The number of fused-ring (bicyclic) bond motifs is 3. The maximum Gasteiger partial charge on any atom is 0.272 e. The van der Waals surface area contributed by atoms with E-state index in [4.69, 9.17) is 4.74 Å². The van der Waals surface area contributed by atoms with Crippen LogP contribution in [0.4, 0.5) is 8.78 Å². The summed E-state index contributed by atoms with van der Waals surface area (Å²) in [6.45, 7) is 3.15. The molecule has 1 unspecified atom stereocenters. The minimum atomic E-state index is -4.14. The number of aryl methyl sites for hydroxylation is 1. The maximum absolute atomic E-state index is 14.8. The molecule has 2 aliphatic heterocycles. The number of halogens is 2. The summed E-state index contributed by atoms with van der Waals surface area (Å²) in [5.41, 5.74) is -1.63. The molecule has 0 bridgehead atoms. The first-order valence-corrected chi connectivity index (χ1v) is 20.6. The number of para-hydroxylation sites is 1. The quantitative estimate of drug-likeness (QED) is 0.225. The molecule has 4 heterocycles. The van der Waals surface area contributed by atoms with E-state index < -0.39 is 79.7 Å². The van der Waals surface area contributed by atoms with Crippen molar-refractivity contribution in [3.63, 3.8) is 0 Å². The Balaban J connectivity index is 1.25. The molecule has 2 aromatic heterocycles. The zero-order valence-electron chi connectivity index (χ0n) is 31.5. The number of hydrogen-bond acceptors (Lipinski definition) is 10. The van der Waals surface area contributed by atoms with Gasteiger partial charge in [-0.3, -0.25) is 24.2 Å². The van der Waals surface area contributed by atoms with E-state index in [-0.39, 0.29) is 42.8 Å². The summed E-state index contributed by atoms with van der Waals surface area (Å²) in [6.07, 6.45) is 8.45. The normalized spacial score (nSPS) is 26.4. The number of aromatic nitrogens is 3. The molecule has 0 radical (unpaired) electrons. The van der Waals surface area contributed by atoms with Crippen LogP contribution in [-0.4, -0.2) is 86.9 Å². The maximum atomic E-state index is 14.8. The van der Waals surface area contributed by atoms with Gasteiger partial charge in [-0.05, 0) is 63.6 Å². The fraction of sp³-hybridized carbons (Fsp3) is 0.475. The number of nitrogens with zero attached hydrogens (tertiary/aromatic N) is 4. The molecule has 3 N–H and O–H groups in total. The standard InChI is InChI=1S/C40H43F2N7O7S/c1-3-29-36(46-33-27(41)13-9-15-30(33)44-29)56-25-21-32-35(51)47-40(38(53)48-57(54,55)39(2)18-19-39)17-10-12-24(40)11-7-5-4-6-8-14-31(37(52)49(32)23-25)45-34(50)26-16-20-43-22-28(26)42/h7,9,11,13,15-16,20,22,24-25,31-32H,3-6,8,12,14,18-19,21,23H2,1-2H3,(H,45,50)(H,47,51)(H,48,53)/b11-7-/t24?,25-,31+,32+,40-/m1/s1. The van der Waals surface area contributed by atoms with Crippen molar-refractivity contribution in [3.8, 4) is 17.7 Å². The highest BCUT2D eigenvalue weighted by Crippen LogP contribution is 2.42. The summed E-state index contributed by atoms with van der Waals surface area (Å²) in [4.78, 5) is 70.7. The van der Waals surface area contributed by atoms with Crippen molar-refractivity contribution >= 4 is 44.7 Å². The van der Waals surface area contributed by atoms with Gasteiger partial charge < -0.3 is 20.3 Å². The number of sulfonamides is 1. The number of allylic oxidation sites excluding steroid dienone is 1. The third-order valence-electron chi connectivity index (χ3n) is 11.2. The molecular formula is C40H43F2N7O7S. The van der Waals surface area contributed by atoms with Gasteiger partial charge in [0.2, 0.25) is 27.7 Å². The van der Waals surface area contributed by atoms with Gasteiger partial charge in [-0.15, -0.1) is 0 Å². The second kappa shape index (κ2) is 15.8. The van der Waals surface area contributed by atoms with Gasteiger partial charge in [-0.1, -0.05) is 49.8 Å². The van der Waals surface area contributed by atoms with Gasteiger partial charge in [-0.25, -0.2) is 31.9 Å². The molecule has 5 atom stereocenters. The van der Waals surface area contributed by atoms with Gasteiger partial charge in [-0.2, -0.15) is 0 Å². The van der Waals surface area contributed by atoms with Crippen molar-refractivity contribution < 1.29 is 41.1 Å². The average molecular weight is 804 g/mol. The Hall–Kier alpha value is -5.50. The topological polar surface area (TPSA) is 190 Å². The Morgan fingerprint density at radius 1 is 1.11 bits per heavy atom. The second-order valence-corrected chi connectivity index (χ2v) is 17.4. The SMILES string of the molecule is CCc1nc2cccc(F)c2nc1O[C@@H]1C[C@H]2C(=O)N[C@]3(C(=O)NS(=O)(=O)C4(C)CC4)C#CCC3/C=C\CCCCC[C@H](NC(=O)c3ccncc3F)C(=O)N2C1. The van der Waals surface area contributed by atoms with Crippen LogP contribution in [0.25, 0.3) is 11.0 Å². The largest absolute Gasteiger partial charge is 0.471 e. The van der Waals surface area contributed by atoms with Crippen molar-refractivity contribution in [3.05, 3.63) is 71.7 Å². The number of rotatable bonds is 8. The van der Waals surface area contributed by atoms with E-state index in [9.17, 15) is 36.4 Å². The Kier molecular flexibility index (Phi) is 11.0. The molecule has 2 aliphatic carbocycles. The number of carbonyl (C=O) groups is 4. The summed E-state index contributed by atoms with van der Waals surface area (Å²) < 4.78 is 63.5. The molecule has 17 heteroatoms. The van der Waals surface area contributed by atoms with Gasteiger partial charge in [0.1, 0.15) is 29.4 Å². The molecule has 3 aromatic rings. The van der Waals surface area contributed by atoms with E-state index in [1.165, 1.54) is 36.2 Å². The highest BCUT2D eigenvalue weighted by Gasteiger charge is 2.56. The van der Waals surface area contributed by atoms with Crippen LogP contribution < -0.4 is 20.1 Å². The summed E-state index contributed by atoms with van der Waals surface area (Å²) in [7, 11) is -4.14. The Morgan fingerprint density at radius 3 is 2.67 bits per heavy atom. The van der Waals surface area contributed by atoms with Crippen molar-refractivity contribution in [1.82, 2.24) is 35.2 Å². The van der Waals surface area contributed by atoms with Crippen LogP contribution in [0.2, 0.25) is 0 Å². The Morgan fingerprint density at radius 2 is 1.91 bits per heavy atom. The molecular weight excluding hydrogens is 761 g/mol. The molecule has 1 saturated heterocycles. The van der Waals surface area contributed by atoms with E-state index in [0.717, 1.165) is 6.20 Å². The van der Waals surface area contributed by atoms with Gasteiger partial charge in [0.05, 0.1) is 28.6 Å². The van der Waals surface area contributed by atoms with E-state index in [1.807, 2.05) is 13.0 Å². The highest BCUT2D eigenvalue weighted by atomic mass is 32.2. The zero-order chi connectivity index (χ0) is 40.5. The third kappa shape index (κ3) is 7.92. The van der Waals surface area contributed by atoms with Crippen LogP contribution in [-0.2, 0) is 30.8 Å². The van der Waals surface area contributed by atoms with Crippen LogP contribution >= 0.6 is 0 Å². The van der Waals surface area contributed by atoms with Crippen molar-refractivity contribution in [2.45, 2.75) is 107 Å². The fourth-order valence-corrected chi connectivity index (χ4v) is 8.73. The first-order chi connectivity index (χ1) is 27.2. The van der Waals surface area contributed by atoms with E-state index in [2.05, 4.69) is 42.1 Å². The van der Waals surface area contributed by atoms with Gasteiger partial charge in [0.25, 0.3) is 11.8 Å². The monoisotopic (exact) mass is 803 g/mol. The van der Waals surface area contributed by atoms with Crippen LogP contribution in [0.1, 0.15) is 87.7 Å². The van der Waals surface area contributed by atoms with Crippen LogP contribution in [0.15, 0.2) is 48.8 Å². The van der Waals surface area contributed by atoms with E-state index in [1.54, 1.807) is 12.1 Å². The summed E-state index contributed by atoms with van der Waals surface area (Å²) in [5.74, 6) is 0.123. The number of hydrogen-bond donors (Lipinski definition) is 3. The number of pyridine rings is 1. The predicted molar refractivity (Wildman–Crippen MR) is 203 cm³/mol. The summed E-state index contributed by atoms with van der Waals surface area (Å²) in [6, 6.07) is 3.03. The number of carbonyl (C=O) groups excluding carboxylic acids is 4. The lowest BCUT2D eigenvalue weighted by molar-refractivity contribution is -0.141. The first-order valence-electron chi connectivity index (χ1n) is 19.1. The molecule has 300 valence electrons. The van der Waals surface area contributed by atoms with E-state index >= 15 is 0 Å². The number of amides is 4. The minimum Gasteiger partial charge on any atom is -0.471 e. The first kappa shape index (κ1) is 39.7. The summed E-state index contributed by atoms with van der Waals surface area (Å²) in [5, 5.41) is 5.43. The fourth-order valence-electron chi connectivity index (χ4n) is 7.43. The lowest BCUT2D eigenvalue weighted by Gasteiger charge is -2.34. The molecule has 57 heavy (non-hydrogen) atoms. The van der Waals surface area contributed by atoms with Crippen LogP contribution in [0.5, 0.6) is 5.88 Å². The van der Waals surface area contributed by atoms with Gasteiger partial charge in [0.15, 0.2) is 17.2 Å². The zero-order valence-corrected chi connectivity index (χ0v) is 32.3. The lowest BCUT2D eigenvalue weighted by Crippen LogP contribution is -2.65. The second-order valence-electron chi connectivity index (χ2n) is 15.2. The minimum absolute atomic E-state index is 0.00944. The average Bonchev–Trinajstić information content (AvgIpc) is 3.62. The molecule has 14 nitrogen and oxygen atoms in total. The lowest BCUT2D eigenvalue weighted by atomic mass is 9.84. The van der Waals surface area contributed by atoms with Crippen molar-refractivity contribution in [2.75, 3.05) is 6.54 Å². The van der Waals surface area contributed by atoms with E-state index in [0.29, 0.717) is 56.2 Å². The summed E-state index contributed by atoms with van der Waals surface area (Å²) >= 11 is 0. The van der Waals surface area contributed by atoms with Gasteiger partial charge in [0, 0.05) is 25.0 Å². The van der Waals surface area contributed by atoms with Crippen molar-refractivity contribution in [1.29, 1.82) is 0 Å². The molecule has 1 aromatic carbocycles. The highest BCUT2D eigenvalue weighted by molar-refractivity contribution is 7.91. The molecule has 1 saturated carbocycles.